The van der Waals surface area contributed by atoms with Crippen molar-refractivity contribution in [3.8, 4) is 0 Å². The second kappa shape index (κ2) is 7.08. The van der Waals surface area contributed by atoms with Crippen LogP contribution in [0, 0.1) is 0 Å². The number of esters is 1. The van der Waals surface area contributed by atoms with Crippen molar-refractivity contribution in [1.82, 2.24) is 10.9 Å². The molecule has 22 heavy (non-hydrogen) atoms. The Morgan fingerprint density at radius 1 is 1.32 bits per heavy atom. The molecule has 0 spiro atoms. The summed E-state index contributed by atoms with van der Waals surface area (Å²) in [5.74, 6) is -0.457. The van der Waals surface area contributed by atoms with Crippen LogP contribution in [0.25, 0.3) is 0 Å². The summed E-state index contributed by atoms with van der Waals surface area (Å²) >= 11 is 0. The van der Waals surface area contributed by atoms with Gasteiger partial charge in [0.1, 0.15) is 11.4 Å². The van der Waals surface area contributed by atoms with Crippen molar-refractivity contribution in [2.45, 2.75) is 38.1 Å². The van der Waals surface area contributed by atoms with Gasteiger partial charge in [-0.3, -0.25) is 9.52 Å². The van der Waals surface area contributed by atoms with Crippen molar-refractivity contribution >= 4 is 21.7 Å². The maximum absolute atomic E-state index is 12.4. The third kappa shape index (κ3) is 3.76. The lowest BCUT2D eigenvalue weighted by molar-refractivity contribution is -0.145. The van der Waals surface area contributed by atoms with Crippen molar-refractivity contribution in [3.63, 3.8) is 0 Å². The summed E-state index contributed by atoms with van der Waals surface area (Å²) in [6.07, 6.45) is 0.836. The van der Waals surface area contributed by atoms with E-state index in [1.165, 1.54) is 0 Å². The van der Waals surface area contributed by atoms with Crippen LogP contribution in [-0.4, -0.2) is 32.4 Å². The zero-order valence-electron chi connectivity index (χ0n) is 12.6. The Kier molecular flexibility index (Phi) is 5.38. The molecule has 2 atom stereocenters. The molecule has 2 rings (SSSR count). The first-order valence-corrected chi connectivity index (χ1v) is 8.79. The van der Waals surface area contributed by atoms with E-state index in [-0.39, 0.29) is 13.0 Å². The highest BCUT2D eigenvalue weighted by Gasteiger charge is 2.38. The van der Waals surface area contributed by atoms with Crippen LogP contribution in [0.5, 0.6) is 0 Å². The molecular weight excluding hydrogens is 306 g/mol. The van der Waals surface area contributed by atoms with Crippen LogP contribution in [-0.2, 0) is 26.0 Å². The third-order valence-corrected chi connectivity index (χ3v) is 5.03. The number of ether oxygens (including phenoxy) is 1. The summed E-state index contributed by atoms with van der Waals surface area (Å²) in [5.41, 5.74) is 6.79. The Morgan fingerprint density at radius 2 is 2.05 bits per heavy atom. The molecule has 0 bridgehead atoms. The molecule has 1 saturated heterocycles. The van der Waals surface area contributed by atoms with E-state index in [4.69, 9.17) is 4.74 Å². The fraction of sp³-hybridized carbons (Fsp3) is 0.500. The summed E-state index contributed by atoms with van der Waals surface area (Å²) in [7, 11) is -3.66. The highest BCUT2D eigenvalue weighted by Crippen LogP contribution is 2.20. The molecule has 8 heteroatoms. The SMILES string of the molecule is CCOC(=O)C1CC(S(=O)(=O)Nc2ccccc2CC)NN1. The van der Waals surface area contributed by atoms with Gasteiger partial charge in [0.15, 0.2) is 0 Å². The average molecular weight is 327 g/mol. The molecule has 1 aliphatic heterocycles. The van der Waals surface area contributed by atoms with Gasteiger partial charge in [-0.25, -0.2) is 19.3 Å². The van der Waals surface area contributed by atoms with E-state index in [0.717, 1.165) is 12.0 Å². The lowest BCUT2D eigenvalue weighted by Crippen LogP contribution is -2.41. The highest BCUT2D eigenvalue weighted by molar-refractivity contribution is 7.93. The summed E-state index contributed by atoms with van der Waals surface area (Å²) in [5, 5.41) is -0.896. The molecule has 0 radical (unpaired) electrons. The zero-order chi connectivity index (χ0) is 16.2. The van der Waals surface area contributed by atoms with Crippen LogP contribution >= 0.6 is 0 Å². The predicted octanol–water partition coefficient (Wildman–Crippen LogP) is 0.746. The monoisotopic (exact) mass is 327 g/mol. The van der Waals surface area contributed by atoms with Crippen LogP contribution < -0.4 is 15.6 Å². The average Bonchev–Trinajstić information content (AvgIpc) is 2.98. The fourth-order valence-corrected chi connectivity index (χ4v) is 3.60. The maximum Gasteiger partial charge on any atom is 0.324 e. The Labute approximate surface area is 130 Å². The van der Waals surface area contributed by atoms with Gasteiger partial charge in [-0.05, 0) is 25.0 Å². The van der Waals surface area contributed by atoms with Crippen LogP contribution in [0.1, 0.15) is 25.8 Å². The number of rotatable bonds is 6. The predicted molar refractivity (Wildman–Crippen MR) is 83.5 cm³/mol. The maximum atomic E-state index is 12.4. The van der Waals surface area contributed by atoms with E-state index in [1.807, 2.05) is 19.1 Å². The third-order valence-electron chi connectivity index (χ3n) is 3.46. The number of carbonyl (C=O) groups excluding carboxylic acids is 1. The summed E-state index contributed by atoms with van der Waals surface area (Å²) in [6, 6.07) is 6.57. The molecule has 7 nitrogen and oxygen atoms in total. The van der Waals surface area contributed by atoms with Gasteiger partial charge >= 0.3 is 5.97 Å². The fourth-order valence-electron chi connectivity index (χ4n) is 2.28. The zero-order valence-corrected chi connectivity index (χ0v) is 13.4. The van der Waals surface area contributed by atoms with Crippen molar-refractivity contribution in [2.24, 2.45) is 0 Å². The lowest BCUT2D eigenvalue weighted by atomic mass is 10.1. The largest absolute Gasteiger partial charge is 0.465 e. The molecule has 122 valence electrons. The molecular formula is C14H21N3O4S. The van der Waals surface area contributed by atoms with Gasteiger partial charge < -0.3 is 4.74 Å². The van der Waals surface area contributed by atoms with Crippen molar-refractivity contribution in [2.75, 3.05) is 11.3 Å². The molecule has 0 amide bonds. The van der Waals surface area contributed by atoms with Crippen LogP contribution in [0.2, 0.25) is 0 Å². The minimum Gasteiger partial charge on any atom is -0.465 e. The van der Waals surface area contributed by atoms with Crippen molar-refractivity contribution in [1.29, 1.82) is 0 Å². The number of carbonyl (C=O) groups is 1. The number of para-hydroxylation sites is 1. The Hall–Kier alpha value is -1.64. The molecule has 2 unspecified atom stereocenters. The molecule has 0 aromatic heterocycles. The van der Waals surface area contributed by atoms with Gasteiger partial charge in [0.05, 0.1) is 12.3 Å². The summed E-state index contributed by atoms with van der Waals surface area (Å²) in [4.78, 5) is 11.6. The minimum atomic E-state index is -3.66. The number of hydrogen-bond acceptors (Lipinski definition) is 6. The second-order valence-corrected chi connectivity index (χ2v) is 6.84. The normalized spacial score (nSPS) is 21.5. The standard InChI is InChI=1S/C14H21N3O4S/c1-3-10-7-5-6-8-11(10)17-22(19,20)13-9-12(15-16-13)14(18)21-4-2/h5-8,12-13,15-17H,3-4,9H2,1-2H3. The lowest BCUT2D eigenvalue weighted by Gasteiger charge is -2.15. The number of sulfonamides is 1. The van der Waals surface area contributed by atoms with E-state index in [2.05, 4.69) is 15.6 Å². The number of hydrogen-bond donors (Lipinski definition) is 3. The van der Waals surface area contributed by atoms with Gasteiger partial charge in [-0.2, -0.15) is 0 Å². The van der Waals surface area contributed by atoms with Crippen LogP contribution in [0.15, 0.2) is 24.3 Å². The number of anilines is 1. The van der Waals surface area contributed by atoms with Gasteiger partial charge in [0, 0.05) is 6.42 Å². The number of benzene rings is 1. The molecule has 1 aliphatic rings. The van der Waals surface area contributed by atoms with Crippen molar-refractivity contribution in [3.05, 3.63) is 29.8 Å². The first-order chi connectivity index (χ1) is 10.5. The quantitative estimate of drug-likeness (QED) is 0.667. The van der Waals surface area contributed by atoms with Gasteiger partial charge in [-0.1, -0.05) is 25.1 Å². The number of aryl methyl sites for hydroxylation is 1. The van der Waals surface area contributed by atoms with E-state index in [9.17, 15) is 13.2 Å². The molecule has 1 heterocycles. The van der Waals surface area contributed by atoms with Gasteiger partial charge in [-0.15, -0.1) is 0 Å². The highest BCUT2D eigenvalue weighted by atomic mass is 32.2. The van der Waals surface area contributed by atoms with E-state index >= 15 is 0 Å². The molecule has 0 aliphatic carbocycles. The number of nitrogens with one attached hydrogen (secondary N) is 3. The smallest absolute Gasteiger partial charge is 0.324 e. The number of hydrazine groups is 1. The van der Waals surface area contributed by atoms with Gasteiger partial charge in [0.25, 0.3) is 0 Å². The molecule has 1 aromatic rings. The summed E-state index contributed by atoms with van der Waals surface area (Å²) in [6.45, 7) is 3.92. The molecule has 1 aromatic carbocycles. The first-order valence-electron chi connectivity index (χ1n) is 7.25. The molecule has 1 fully saturated rings. The Bertz CT molecular complexity index is 633. The first kappa shape index (κ1) is 16.7. The van der Waals surface area contributed by atoms with Crippen LogP contribution in [0.3, 0.4) is 0 Å². The van der Waals surface area contributed by atoms with Gasteiger partial charge in [0.2, 0.25) is 10.0 Å². The second-order valence-electron chi connectivity index (χ2n) is 4.98. The van der Waals surface area contributed by atoms with Crippen molar-refractivity contribution < 1.29 is 17.9 Å². The summed E-state index contributed by atoms with van der Waals surface area (Å²) < 4.78 is 32.3. The minimum absolute atomic E-state index is 0.114. The topological polar surface area (TPSA) is 96.5 Å². The Balaban J connectivity index is 2.07. The van der Waals surface area contributed by atoms with E-state index in [0.29, 0.717) is 5.69 Å². The van der Waals surface area contributed by atoms with E-state index < -0.39 is 27.4 Å². The molecule has 0 saturated carbocycles. The molecule has 3 N–H and O–H groups in total. The van der Waals surface area contributed by atoms with Crippen LogP contribution in [0.4, 0.5) is 5.69 Å². The van der Waals surface area contributed by atoms with E-state index in [1.54, 1.807) is 19.1 Å². The Morgan fingerprint density at radius 3 is 2.73 bits per heavy atom.